The van der Waals surface area contributed by atoms with E-state index in [1.54, 1.807) is 17.0 Å². The molecule has 0 saturated heterocycles. The van der Waals surface area contributed by atoms with Gasteiger partial charge in [0.05, 0.1) is 6.10 Å². The standard InChI is InChI=1S/C12H21N3O2/c1-3-8-15-9-7-14-11(12(15)17)13-6-5-10(16)4-2/h7,9-10,16H,3-6,8H2,1-2H3,(H,13,14). The second-order valence-electron chi connectivity index (χ2n) is 4.05. The average Bonchev–Trinajstić information content (AvgIpc) is 2.33. The summed E-state index contributed by atoms with van der Waals surface area (Å²) < 4.78 is 1.64. The molecule has 5 heteroatoms. The van der Waals surface area contributed by atoms with Crippen LogP contribution >= 0.6 is 0 Å². The molecule has 96 valence electrons. The van der Waals surface area contributed by atoms with Crippen LogP contribution in [0.2, 0.25) is 0 Å². The van der Waals surface area contributed by atoms with Gasteiger partial charge in [0.1, 0.15) is 0 Å². The van der Waals surface area contributed by atoms with Crippen LogP contribution in [0.3, 0.4) is 0 Å². The first-order valence-corrected chi connectivity index (χ1v) is 6.16. The zero-order valence-corrected chi connectivity index (χ0v) is 10.5. The highest BCUT2D eigenvalue weighted by Crippen LogP contribution is 1.99. The van der Waals surface area contributed by atoms with Crippen LogP contribution in [0.1, 0.15) is 33.1 Å². The predicted octanol–water partition coefficient (Wildman–Crippen LogP) is 1.23. The lowest BCUT2D eigenvalue weighted by Gasteiger charge is -2.10. The van der Waals surface area contributed by atoms with Gasteiger partial charge in [0.15, 0.2) is 5.82 Å². The number of nitrogens with one attached hydrogen (secondary N) is 1. The topological polar surface area (TPSA) is 67.2 Å². The molecule has 1 aromatic rings. The summed E-state index contributed by atoms with van der Waals surface area (Å²) in [6.07, 6.45) is 5.26. The third-order valence-electron chi connectivity index (χ3n) is 2.62. The lowest BCUT2D eigenvalue weighted by molar-refractivity contribution is 0.164. The van der Waals surface area contributed by atoms with Gasteiger partial charge in [-0.3, -0.25) is 4.79 Å². The summed E-state index contributed by atoms with van der Waals surface area (Å²) in [6.45, 7) is 5.22. The number of hydrogen-bond acceptors (Lipinski definition) is 4. The van der Waals surface area contributed by atoms with Gasteiger partial charge in [0.2, 0.25) is 0 Å². The number of nitrogens with zero attached hydrogens (tertiary/aromatic N) is 2. The number of aliphatic hydroxyl groups is 1. The van der Waals surface area contributed by atoms with Crippen molar-refractivity contribution in [3.05, 3.63) is 22.7 Å². The minimum atomic E-state index is -0.316. The molecule has 1 aromatic heterocycles. The number of anilines is 1. The second kappa shape index (κ2) is 7.06. The highest BCUT2D eigenvalue weighted by atomic mass is 16.3. The highest BCUT2D eigenvalue weighted by molar-refractivity contribution is 5.30. The molecule has 0 saturated carbocycles. The van der Waals surface area contributed by atoms with Gasteiger partial charge in [0, 0.05) is 25.5 Å². The minimum absolute atomic E-state index is 0.0969. The molecule has 1 unspecified atom stereocenters. The van der Waals surface area contributed by atoms with Gasteiger partial charge in [0.25, 0.3) is 5.56 Å². The van der Waals surface area contributed by atoms with Gasteiger partial charge >= 0.3 is 0 Å². The van der Waals surface area contributed by atoms with Gasteiger partial charge in [-0.2, -0.15) is 0 Å². The van der Waals surface area contributed by atoms with Crippen molar-refractivity contribution in [2.75, 3.05) is 11.9 Å². The van der Waals surface area contributed by atoms with Crippen LogP contribution in [0.5, 0.6) is 0 Å². The van der Waals surface area contributed by atoms with Crippen molar-refractivity contribution in [2.24, 2.45) is 0 Å². The van der Waals surface area contributed by atoms with Gasteiger partial charge in [-0.15, -0.1) is 0 Å². The Morgan fingerprint density at radius 2 is 2.29 bits per heavy atom. The Labute approximate surface area is 102 Å². The van der Waals surface area contributed by atoms with Crippen molar-refractivity contribution in [3.63, 3.8) is 0 Å². The third kappa shape index (κ3) is 4.19. The minimum Gasteiger partial charge on any atom is -0.393 e. The summed E-state index contributed by atoms with van der Waals surface area (Å²) >= 11 is 0. The number of hydrogen-bond donors (Lipinski definition) is 2. The maximum absolute atomic E-state index is 11.9. The van der Waals surface area contributed by atoms with Crippen molar-refractivity contribution in [2.45, 2.75) is 45.8 Å². The van der Waals surface area contributed by atoms with Gasteiger partial charge < -0.3 is 15.0 Å². The van der Waals surface area contributed by atoms with Crippen molar-refractivity contribution < 1.29 is 5.11 Å². The van der Waals surface area contributed by atoms with E-state index < -0.39 is 0 Å². The van der Waals surface area contributed by atoms with E-state index in [4.69, 9.17) is 0 Å². The van der Waals surface area contributed by atoms with E-state index in [0.717, 1.165) is 12.8 Å². The summed E-state index contributed by atoms with van der Waals surface area (Å²) in [4.78, 5) is 15.9. The molecule has 0 bridgehead atoms. The van der Waals surface area contributed by atoms with Crippen LogP contribution < -0.4 is 10.9 Å². The Hall–Kier alpha value is -1.36. The first-order chi connectivity index (χ1) is 8.19. The van der Waals surface area contributed by atoms with Crippen LogP contribution in [0, 0.1) is 0 Å². The van der Waals surface area contributed by atoms with E-state index in [9.17, 15) is 9.90 Å². The van der Waals surface area contributed by atoms with Crippen LogP contribution in [-0.4, -0.2) is 27.3 Å². The first kappa shape index (κ1) is 13.7. The molecule has 0 aromatic carbocycles. The molecule has 1 rings (SSSR count). The smallest absolute Gasteiger partial charge is 0.293 e. The molecular formula is C12H21N3O2. The summed E-state index contributed by atoms with van der Waals surface area (Å²) in [5, 5.41) is 12.4. The third-order valence-corrected chi connectivity index (χ3v) is 2.62. The number of aliphatic hydroxyl groups excluding tert-OH is 1. The Bertz CT molecular complexity index is 390. The molecule has 2 N–H and O–H groups in total. The van der Waals surface area contributed by atoms with E-state index in [0.29, 0.717) is 25.3 Å². The molecule has 0 amide bonds. The molecule has 1 atom stereocenters. The van der Waals surface area contributed by atoms with Crippen molar-refractivity contribution in [1.82, 2.24) is 9.55 Å². The summed E-state index contributed by atoms with van der Waals surface area (Å²) in [5.74, 6) is 0.365. The van der Waals surface area contributed by atoms with E-state index in [-0.39, 0.29) is 11.7 Å². The molecule has 0 radical (unpaired) electrons. The quantitative estimate of drug-likeness (QED) is 0.751. The van der Waals surface area contributed by atoms with Gasteiger partial charge in [-0.1, -0.05) is 13.8 Å². The molecule has 0 fully saturated rings. The molecule has 1 heterocycles. The number of rotatable bonds is 7. The average molecular weight is 239 g/mol. The molecule has 17 heavy (non-hydrogen) atoms. The van der Waals surface area contributed by atoms with E-state index in [1.165, 1.54) is 0 Å². The largest absolute Gasteiger partial charge is 0.393 e. The fourth-order valence-corrected chi connectivity index (χ4v) is 1.55. The molecule has 0 spiro atoms. The number of aromatic nitrogens is 2. The molecule has 0 aliphatic heterocycles. The molecule has 0 aliphatic rings. The van der Waals surface area contributed by atoms with E-state index in [2.05, 4.69) is 10.3 Å². The maximum atomic E-state index is 11.9. The second-order valence-corrected chi connectivity index (χ2v) is 4.05. The summed E-state index contributed by atoms with van der Waals surface area (Å²) in [6, 6.07) is 0. The van der Waals surface area contributed by atoms with Gasteiger partial charge in [-0.25, -0.2) is 4.98 Å². The van der Waals surface area contributed by atoms with E-state index >= 15 is 0 Å². The summed E-state index contributed by atoms with van der Waals surface area (Å²) in [7, 11) is 0. The van der Waals surface area contributed by atoms with Crippen LogP contribution in [0.4, 0.5) is 5.82 Å². The van der Waals surface area contributed by atoms with Crippen molar-refractivity contribution >= 4 is 5.82 Å². The Morgan fingerprint density at radius 3 is 2.94 bits per heavy atom. The molecular weight excluding hydrogens is 218 g/mol. The zero-order valence-electron chi connectivity index (χ0n) is 10.5. The number of aryl methyl sites for hydroxylation is 1. The van der Waals surface area contributed by atoms with Gasteiger partial charge in [-0.05, 0) is 19.3 Å². The SMILES string of the molecule is CCCn1ccnc(NCCC(O)CC)c1=O. The van der Waals surface area contributed by atoms with Crippen LogP contribution in [0.25, 0.3) is 0 Å². The monoisotopic (exact) mass is 239 g/mol. The van der Waals surface area contributed by atoms with Crippen LogP contribution in [-0.2, 0) is 6.54 Å². The van der Waals surface area contributed by atoms with Crippen molar-refractivity contribution in [1.29, 1.82) is 0 Å². The highest BCUT2D eigenvalue weighted by Gasteiger charge is 2.05. The molecule has 0 aliphatic carbocycles. The van der Waals surface area contributed by atoms with Crippen molar-refractivity contribution in [3.8, 4) is 0 Å². The zero-order chi connectivity index (χ0) is 12.7. The Morgan fingerprint density at radius 1 is 1.53 bits per heavy atom. The lowest BCUT2D eigenvalue weighted by Crippen LogP contribution is -2.25. The maximum Gasteiger partial charge on any atom is 0.293 e. The molecule has 5 nitrogen and oxygen atoms in total. The predicted molar refractivity (Wildman–Crippen MR) is 68.2 cm³/mol. The fourth-order valence-electron chi connectivity index (χ4n) is 1.55. The Kier molecular flexibility index (Phi) is 5.69. The summed E-state index contributed by atoms with van der Waals surface area (Å²) in [5.41, 5.74) is -0.0969. The fraction of sp³-hybridized carbons (Fsp3) is 0.667. The lowest BCUT2D eigenvalue weighted by atomic mass is 10.2. The van der Waals surface area contributed by atoms with E-state index in [1.807, 2.05) is 13.8 Å². The Balaban J connectivity index is 2.59. The first-order valence-electron chi connectivity index (χ1n) is 6.16. The normalized spacial score (nSPS) is 12.4. The van der Waals surface area contributed by atoms with Crippen LogP contribution in [0.15, 0.2) is 17.2 Å².